The zero-order chi connectivity index (χ0) is 30.5. The Kier molecular flexibility index (Phi) is 9.41. The van der Waals surface area contributed by atoms with E-state index in [-0.39, 0.29) is 43.4 Å². The van der Waals surface area contributed by atoms with E-state index in [0.717, 1.165) is 16.8 Å². The van der Waals surface area contributed by atoms with Crippen molar-refractivity contribution in [1.82, 2.24) is 30.4 Å². The number of benzene rings is 1. The third-order valence-electron chi connectivity index (χ3n) is 7.71. The van der Waals surface area contributed by atoms with E-state index in [2.05, 4.69) is 59.9 Å². The Morgan fingerprint density at radius 3 is 2.67 bits per heavy atom. The summed E-state index contributed by atoms with van der Waals surface area (Å²) in [5, 5.41) is 28.5. The molecule has 2 aliphatic rings. The van der Waals surface area contributed by atoms with Crippen LogP contribution in [0.25, 0.3) is 0 Å². The number of amidine groups is 1. The molecule has 0 radical (unpaired) electrons. The fourth-order valence-corrected chi connectivity index (χ4v) is 4.99. The lowest BCUT2D eigenvalue weighted by atomic mass is 9.97. The fourth-order valence-electron chi connectivity index (χ4n) is 4.39. The molecule has 3 heterocycles. The second-order valence-corrected chi connectivity index (χ2v) is 16.2. The molecule has 2 aliphatic heterocycles. The predicted molar refractivity (Wildman–Crippen MR) is 158 cm³/mol. The zero-order valence-corrected chi connectivity index (χ0v) is 25.9. The van der Waals surface area contributed by atoms with E-state index in [9.17, 15) is 9.59 Å². The van der Waals surface area contributed by atoms with Gasteiger partial charge >= 0.3 is 12.1 Å². The van der Waals surface area contributed by atoms with Gasteiger partial charge < -0.3 is 30.0 Å². The first kappa shape index (κ1) is 30.8. The van der Waals surface area contributed by atoms with Crippen LogP contribution in [-0.2, 0) is 27.4 Å². The Morgan fingerprint density at radius 2 is 2.00 bits per heavy atom. The molecule has 14 nitrogen and oxygen atoms in total. The van der Waals surface area contributed by atoms with Gasteiger partial charge in [-0.2, -0.15) is 10.2 Å². The molecule has 1 fully saturated rings. The van der Waals surface area contributed by atoms with E-state index in [1.165, 1.54) is 11.3 Å². The Hall–Kier alpha value is -4.11. The molecule has 2 atom stereocenters. The number of hydrogen-bond acceptors (Lipinski definition) is 8. The van der Waals surface area contributed by atoms with Crippen molar-refractivity contribution in [2.24, 2.45) is 10.3 Å². The number of hydroxylamine groups is 2. The highest BCUT2D eigenvalue weighted by molar-refractivity contribution is 6.74. The molecule has 3 amide bonds. The third kappa shape index (κ3) is 6.68. The lowest BCUT2D eigenvalue weighted by Gasteiger charge is -2.35. The van der Waals surface area contributed by atoms with Crippen LogP contribution in [0.1, 0.15) is 49.7 Å². The molecule has 42 heavy (non-hydrogen) atoms. The van der Waals surface area contributed by atoms with E-state index >= 15 is 0 Å². The van der Waals surface area contributed by atoms with Gasteiger partial charge in [0.05, 0.1) is 37.7 Å². The van der Waals surface area contributed by atoms with Crippen molar-refractivity contribution in [3.63, 3.8) is 0 Å². The summed E-state index contributed by atoms with van der Waals surface area (Å²) in [6, 6.07) is 8.43. The second kappa shape index (κ2) is 12.8. The number of nitrogens with one attached hydrogen (secondary N) is 2. The molecule has 0 unspecified atom stereocenters. The minimum Gasteiger partial charge on any atom is -0.465 e. The predicted octanol–water partition coefficient (Wildman–Crippen LogP) is 3.67. The van der Waals surface area contributed by atoms with E-state index in [4.69, 9.17) is 19.3 Å². The highest BCUT2D eigenvalue weighted by Gasteiger charge is 2.52. The molecule has 0 aliphatic carbocycles. The van der Waals surface area contributed by atoms with Crippen LogP contribution in [0.3, 0.4) is 0 Å². The molecule has 2 aromatic rings. The van der Waals surface area contributed by atoms with Gasteiger partial charge in [-0.15, -0.1) is 0 Å². The van der Waals surface area contributed by atoms with Gasteiger partial charge in [0, 0.05) is 12.6 Å². The van der Waals surface area contributed by atoms with Gasteiger partial charge in [-0.1, -0.05) is 61.4 Å². The summed E-state index contributed by atoms with van der Waals surface area (Å²) in [7, 11) is -0.496. The number of amides is 3. The Labute approximate surface area is 246 Å². The lowest BCUT2D eigenvalue weighted by Crippen LogP contribution is -2.45. The standard InChI is InChI=1S/C27H40N8O6Si/c1-27(2,3)42(5,6)41-32-24(28-4)23-22-20(16-30-34(22)14-12-31-39-15-13-29-25(36)37)21-17-33(23)26(38)35(21)40-18-19-10-8-7-9-11-19/h7-12,16,21,23,29H,13-15,17-18H2,1-6H3,(H,28,32)(H,36,37)/b31-12+/t21-,23-/m0/s1. The molecule has 228 valence electrons. The van der Waals surface area contributed by atoms with Crippen molar-refractivity contribution in [1.29, 1.82) is 0 Å². The molecule has 4 rings (SSSR count). The number of carbonyl (C=O) groups is 2. The van der Waals surface area contributed by atoms with E-state index in [1.54, 1.807) is 22.8 Å². The maximum absolute atomic E-state index is 13.8. The van der Waals surface area contributed by atoms with Gasteiger partial charge in [0.2, 0.25) is 0 Å². The monoisotopic (exact) mass is 600 g/mol. The molecule has 1 aromatic carbocycles. The average molecular weight is 601 g/mol. The molecule has 0 saturated carbocycles. The minimum atomic E-state index is -2.25. The zero-order valence-electron chi connectivity index (χ0n) is 24.9. The number of carbonyl (C=O) groups excluding carboxylic acids is 1. The average Bonchev–Trinajstić information content (AvgIpc) is 3.48. The summed E-state index contributed by atoms with van der Waals surface area (Å²) in [5.41, 5.74) is 2.55. The molecule has 1 aromatic heterocycles. The highest BCUT2D eigenvalue weighted by atomic mass is 28.4. The number of oxime groups is 2. The molecule has 3 N–H and O–H groups in total. The third-order valence-corrected chi connectivity index (χ3v) is 11.9. The van der Waals surface area contributed by atoms with E-state index in [0.29, 0.717) is 12.4 Å². The summed E-state index contributed by atoms with van der Waals surface area (Å²) < 4.78 is 7.96. The summed E-state index contributed by atoms with van der Waals surface area (Å²) in [4.78, 5) is 37.3. The van der Waals surface area contributed by atoms with Gasteiger partial charge in [-0.25, -0.2) is 9.59 Å². The van der Waals surface area contributed by atoms with Crippen LogP contribution in [0.4, 0.5) is 9.59 Å². The molecule has 1 saturated heterocycles. The first-order chi connectivity index (χ1) is 19.9. The number of rotatable bonds is 12. The molecular formula is C27H40N8O6Si. The van der Waals surface area contributed by atoms with Crippen LogP contribution in [0, 0.1) is 0 Å². The van der Waals surface area contributed by atoms with Crippen LogP contribution >= 0.6 is 0 Å². The van der Waals surface area contributed by atoms with Crippen molar-refractivity contribution in [2.45, 2.75) is 64.1 Å². The number of nitrogens with zero attached hydrogens (tertiary/aromatic N) is 6. The van der Waals surface area contributed by atoms with Crippen LogP contribution < -0.4 is 10.6 Å². The van der Waals surface area contributed by atoms with Crippen LogP contribution in [0.2, 0.25) is 18.1 Å². The second-order valence-electron chi connectivity index (χ2n) is 11.5. The summed E-state index contributed by atoms with van der Waals surface area (Å²) >= 11 is 0. The highest BCUT2D eigenvalue weighted by Crippen LogP contribution is 2.45. The maximum atomic E-state index is 13.8. The van der Waals surface area contributed by atoms with Gasteiger partial charge in [-0.05, 0) is 23.7 Å². The van der Waals surface area contributed by atoms with Crippen molar-refractivity contribution in [3.8, 4) is 0 Å². The Bertz CT molecular complexity index is 1310. The van der Waals surface area contributed by atoms with Crippen molar-refractivity contribution in [3.05, 3.63) is 53.3 Å². The molecule has 2 bridgehead atoms. The first-order valence-corrected chi connectivity index (χ1v) is 16.7. The normalized spacial score (nSPS) is 18.8. The van der Waals surface area contributed by atoms with Gasteiger partial charge in [0.25, 0.3) is 8.32 Å². The number of urea groups is 1. The smallest absolute Gasteiger partial charge is 0.404 e. The largest absolute Gasteiger partial charge is 0.465 e. The minimum absolute atomic E-state index is 0.0675. The first-order valence-electron chi connectivity index (χ1n) is 13.8. The van der Waals surface area contributed by atoms with Crippen molar-refractivity contribution < 1.29 is 28.9 Å². The molecule has 0 spiro atoms. The number of hydrogen-bond donors (Lipinski definition) is 3. The lowest BCUT2D eigenvalue weighted by molar-refractivity contribution is -0.141. The van der Waals surface area contributed by atoms with Crippen LogP contribution in [0.5, 0.6) is 0 Å². The van der Waals surface area contributed by atoms with Gasteiger partial charge in [0.15, 0.2) is 5.84 Å². The van der Waals surface area contributed by atoms with E-state index < -0.39 is 20.5 Å². The van der Waals surface area contributed by atoms with Crippen LogP contribution in [0.15, 0.2) is 46.8 Å². The molecule has 15 heteroatoms. The summed E-state index contributed by atoms with van der Waals surface area (Å²) in [6.45, 7) is 11.7. The number of fused-ring (bicyclic) bond motifs is 4. The fraction of sp³-hybridized carbons (Fsp3) is 0.519. The maximum Gasteiger partial charge on any atom is 0.404 e. The van der Waals surface area contributed by atoms with Crippen LogP contribution in [-0.4, -0.2) is 84.1 Å². The Balaban J connectivity index is 1.62. The quantitative estimate of drug-likeness (QED) is 0.110. The number of carboxylic acid groups (broad SMARTS) is 1. The number of likely N-dealkylation sites (N-methyl/N-ethyl adjacent to an activating group) is 1. The summed E-state index contributed by atoms with van der Waals surface area (Å²) in [6.07, 6.45) is 2.15. The van der Waals surface area contributed by atoms with Gasteiger partial charge in [-0.3, -0.25) is 9.52 Å². The van der Waals surface area contributed by atoms with Crippen molar-refractivity contribution >= 4 is 32.5 Å². The Morgan fingerprint density at radius 1 is 1.26 bits per heavy atom. The SMILES string of the molecule is CN/C(=N\O[Si](C)(C)C(C)(C)C)[C@@H]1c2c(cnn2C/C=N/OCCNC(=O)O)[C@@H]2CN1C(=O)N2OCc1ccccc1. The van der Waals surface area contributed by atoms with E-state index in [1.807, 2.05) is 30.3 Å². The topological polar surface area (TPSA) is 155 Å². The molecular weight excluding hydrogens is 560 g/mol. The summed E-state index contributed by atoms with van der Waals surface area (Å²) in [5.74, 6) is 0.479. The number of aromatic nitrogens is 2. The van der Waals surface area contributed by atoms with Crippen molar-refractivity contribution in [2.75, 3.05) is 26.7 Å². The van der Waals surface area contributed by atoms with Gasteiger partial charge in [0.1, 0.15) is 25.3 Å².